The molecule has 26 heavy (non-hydrogen) atoms. The molecule has 0 radical (unpaired) electrons. The molecule has 0 aliphatic carbocycles. The van der Waals surface area contributed by atoms with Gasteiger partial charge in [0.25, 0.3) is 0 Å². The van der Waals surface area contributed by atoms with E-state index in [9.17, 15) is 9.59 Å². The van der Waals surface area contributed by atoms with E-state index in [4.69, 9.17) is 4.74 Å². The van der Waals surface area contributed by atoms with Crippen LogP contribution < -0.4 is 10.6 Å². The second-order valence-electron chi connectivity index (χ2n) is 6.15. The summed E-state index contributed by atoms with van der Waals surface area (Å²) in [6.07, 6.45) is 0.0435. The summed E-state index contributed by atoms with van der Waals surface area (Å²) in [5.41, 5.74) is 1.76. The highest BCUT2D eigenvalue weighted by Gasteiger charge is 2.22. The first kappa shape index (κ1) is 18.1. The average Bonchev–Trinajstić information content (AvgIpc) is 2.69. The van der Waals surface area contributed by atoms with Crippen molar-refractivity contribution in [2.45, 2.75) is 6.10 Å². The molecular weight excluding hydrogens is 330 g/mol. The van der Waals surface area contributed by atoms with Gasteiger partial charge in [-0.3, -0.25) is 14.5 Å². The molecule has 1 heterocycles. The molecule has 0 saturated carbocycles. The molecule has 2 N–H and O–H groups in total. The number of carbonyl (C=O) groups excluding carboxylic acids is 2. The number of anilines is 1. The SMILES string of the molecule is O=C(NCCN1CCOC(c2ccccc2)C1)C(=O)Nc1ccccc1. The molecular formula is C20H23N3O3. The highest BCUT2D eigenvalue weighted by atomic mass is 16.5. The molecule has 1 atom stereocenters. The number of hydrogen-bond donors (Lipinski definition) is 2. The number of morpholine rings is 1. The molecule has 1 fully saturated rings. The van der Waals surface area contributed by atoms with E-state index in [1.165, 1.54) is 0 Å². The average molecular weight is 353 g/mol. The van der Waals surface area contributed by atoms with E-state index in [0.29, 0.717) is 25.4 Å². The van der Waals surface area contributed by atoms with Crippen molar-refractivity contribution in [2.24, 2.45) is 0 Å². The Bertz CT molecular complexity index is 722. The lowest BCUT2D eigenvalue weighted by Crippen LogP contribution is -2.44. The van der Waals surface area contributed by atoms with Gasteiger partial charge in [0.05, 0.1) is 12.7 Å². The number of amides is 2. The van der Waals surface area contributed by atoms with Crippen LogP contribution in [0.15, 0.2) is 60.7 Å². The van der Waals surface area contributed by atoms with E-state index >= 15 is 0 Å². The molecule has 0 spiro atoms. The van der Waals surface area contributed by atoms with Crippen LogP contribution >= 0.6 is 0 Å². The van der Waals surface area contributed by atoms with E-state index in [1.54, 1.807) is 24.3 Å². The molecule has 1 saturated heterocycles. The normalized spacial score (nSPS) is 17.5. The molecule has 2 aromatic rings. The number of para-hydroxylation sites is 1. The fraction of sp³-hybridized carbons (Fsp3) is 0.300. The van der Waals surface area contributed by atoms with Crippen molar-refractivity contribution in [3.8, 4) is 0 Å². The van der Waals surface area contributed by atoms with Gasteiger partial charge in [-0.2, -0.15) is 0 Å². The third kappa shape index (κ3) is 5.15. The Morgan fingerprint density at radius 3 is 2.42 bits per heavy atom. The highest BCUT2D eigenvalue weighted by molar-refractivity contribution is 6.39. The van der Waals surface area contributed by atoms with Crippen LogP contribution in [0.3, 0.4) is 0 Å². The zero-order valence-corrected chi connectivity index (χ0v) is 14.6. The van der Waals surface area contributed by atoms with Crippen LogP contribution in [0.25, 0.3) is 0 Å². The molecule has 0 bridgehead atoms. The Balaban J connectivity index is 1.41. The van der Waals surface area contributed by atoms with Crippen molar-refractivity contribution in [3.05, 3.63) is 66.2 Å². The van der Waals surface area contributed by atoms with Crippen LogP contribution in [-0.4, -0.2) is 49.5 Å². The first-order valence-electron chi connectivity index (χ1n) is 8.75. The summed E-state index contributed by atoms with van der Waals surface area (Å²) in [6.45, 7) is 3.34. The summed E-state index contributed by atoms with van der Waals surface area (Å²) in [5.74, 6) is -1.28. The van der Waals surface area contributed by atoms with Crippen molar-refractivity contribution >= 4 is 17.5 Å². The van der Waals surface area contributed by atoms with E-state index in [-0.39, 0.29) is 6.10 Å². The topological polar surface area (TPSA) is 70.7 Å². The molecule has 2 amide bonds. The molecule has 6 heteroatoms. The minimum absolute atomic E-state index is 0.0435. The second kappa shape index (κ2) is 9.12. The van der Waals surface area contributed by atoms with E-state index in [0.717, 1.165) is 18.7 Å². The van der Waals surface area contributed by atoms with Gasteiger partial charge in [0.2, 0.25) is 0 Å². The zero-order chi connectivity index (χ0) is 18.2. The Labute approximate surface area is 153 Å². The molecule has 1 aliphatic heterocycles. The van der Waals surface area contributed by atoms with Crippen LogP contribution in [0.4, 0.5) is 5.69 Å². The van der Waals surface area contributed by atoms with E-state index < -0.39 is 11.8 Å². The number of nitrogens with zero attached hydrogens (tertiary/aromatic N) is 1. The lowest BCUT2D eigenvalue weighted by Gasteiger charge is -2.33. The number of carbonyl (C=O) groups is 2. The predicted molar refractivity (Wildman–Crippen MR) is 99.7 cm³/mol. The number of hydrogen-bond acceptors (Lipinski definition) is 4. The van der Waals surface area contributed by atoms with Gasteiger partial charge < -0.3 is 15.4 Å². The quantitative estimate of drug-likeness (QED) is 0.805. The molecule has 136 valence electrons. The monoisotopic (exact) mass is 353 g/mol. The fourth-order valence-electron chi connectivity index (χ4n) is 2.89. The minimum Gasteiger partial charge on any atom is -0.371 e. The van der Waals surface area contributed by atoms with Gasteiger partial charge in [-0.1, -0.05) is 48.5 Å². The zero-order valence-electron chi connectivity index (χ0n) is 14.6. The van der Waals surface area contributed by atoms with Gasteiger partial charge in [-0.25, -0.2) is 0 Å². The maximum Gasteiger partial charge on any atom is 0.313 e. The van der Waals surface area contributed by atoms with Crippen molar-refractivity contribution in [1.29, 1.82) is 0 Å². The number of benzene rings is 2. The number of rotatable bonds is 5. The third-order valence-electron chi connectivity index (χ3n) is 4.27. The summed E-state index contributed by atoms with van der Waals surface area (Å²) >= 11 is 0. The minimum atomic E-state index is -0.652. The van der Waals surface area contributed by atoms with E-state index in [1.807, 2.05) is 24.3 Å². The molecule has 1 aliphatic rings. The lowest BCUT2D eigenvalue weighted by atomic mass is 10.1. The number of ether oxygens (including phenoxy) is 1. The lowest BCUT2D eigenvalue weighted by molar-refractivity contribution is -0.136. The molecule has 6 nitrogen and oxygen atoms in total. The van der Waals surface area contributed by atoms with Crippen molar-refractivity contribution in [2.75, 3.05) is 38.1 Å². The fourth-order valence-corrected chi connectivity index (χ4v) is 2.89. The van der Waals surface area contributed by atoms with Crippen molar-refractivity contribution in [1.82, 2.24) is 10.2 Å². The largest absolute Gasteiger partial charge is 0.371 e. The van der Waals surface area contributed by atoms with Gasteiger partial charge in [0.1, 0.15) is 0 Å². The summed E-state index contributed by atoms with van der Waals surface area (Å²) in [6, 6.07) is 19.0. The second-order valence-corrected chi connectivity index (χ2v) is 6.15. The summed E-state index contributed by atoms with van der Waals surface area (Å²) in [4.78, 5) is 26.0. The Hall–Kier alpha value is -2.70. The molecule has 1 unspecified atom stereocenters. The maximum absolute atomic E-state index is 11.9. The van der Waals surface area contributed by atoms with E-state index in [2.05, 4.69) is 27.7 Å². The van der Waals surface area contributed by atoms with Gasteiger partial charge in [-0.05, 0) is 17.7 Å². The van der Waals surface area contributed by atoms with Crippen molar-refractivity contribution in [3.63, 3.8) is 0 Å². The van der Waals surface area contributed by atoms with Gasteiger partial charge in [-0.15, -0.1) is 0 Å². The maximum atomic E-state index is 11.9. The van der Waals surface area contributed by atoms with Gasteiger partial charge in [0, 0.05) is 31.9 Å². The Kier molecular flexibility index (Phi) is 6.35. The van der Waals surface area contributed by atoms with Crippen LogP contribution in [0.5, 0.6) is 0 Å². The van der Waals surface area contributed by atoms with Crippen LogP contribution in [-0.2, 0) is 14.3 Å². The highest BCUT2D eigenvalue weighted by Crippen LogP contribution is 2.21. The van der Waals surface area contributed by atoms with Gasteiger partial charge >= 0.3 is 11.8 Å². The van der Waals surface area contributed by atoms with Crippen LogP contribution in [0.2, 0.25) is 0 Å². The molecule has 0 aromatic heterocycles. The Morgan fingerprint density at radius 1 is 1.00 bits per heavy atom. The summed E-state index contributed by atoms with van der Waals surface area (Å²) in [5, 5.41) is 5.25. The summed E-state index contributed by atoms with van der Waals surface area (Å²) in [7, 11) is 0. The van der Waals surface area contributed by atoms with Crippen LogP contribution in [0.1, 0.15) is 11.7 Å². The first-order chi connectivity index (χ1) is 12.7. The standard InChI is InChI=1S/C20H23N3O3/c24-19(20(25)22-17-9-5-2-6-10-17)21-11-12-23-13-14-26-18(15-23)16-7-3-1-4-8-16/h1-10,18H,11-15H2,(H,21,24)(H,22,25). The molecule has 3 rings (SSSR count). The van der Waals surface area contributed by atoms with Crippen LogP contribution in [0, 0.1) is 0 Å². The number of nitrogens with one attached hydrogen (secondary N) is 2. The Morgan fingerprint density at radius 2 is 1.69 bits per heavy atom. The first-order valence-corrected chi connectivity index (χ1v) is 8.75. The summed E-state index contributed by atoms with van der Waals surface area (Å²) < 4.78 is 5.83. The smallest absolute Gasteiger partial charge is 0.313 e. The third-order valence-corrected chi connectivity index (χ3v) is 4.27. The predicted octanol–water partition coefficient (Wildman–Crippen LogP) is 1.81. The van der Waals surface area contributed by atoms with Gasteiger partial charge in [0.15, 0.2) is 0 Å². The molecule has 2 aromatic carbocycles. The van der Waals surface area contributed by atoms with Crippen molar-refractivity contribution < 1.29 is 14.3 Å².